The monoisotopic (exact) mass is 306 g/mol. The molecule has 1 unspecified atom stereocenters. The highest BCUT2D eigenvalue weighted by atomic mass is 16.3. The van der Waals surface area contributed by atoms with E-state index in [2.05, 4.69) is 4.98 Å². The number of aromatic nitrogens is 2. The first kappa shape index (κ1) is 15.2. The number of nitrogens with zero attached hydrogens (tertiary/aromatic N) is 2. The summed E-state index contributed by atoms with van der Waals surface area (Å²) >= 11 is 0. The molecule has 3 rings (SSSR count). The summed E-state index contributed by atoms with van der Waals surface area (Å²) in [5, 5.41) is 9.59. The van der Waals surface area contributed by atoms with E-state index < -0.39 is 6.10 Å². The van der Waals surface area contributed by atoms with Crippen LogP contribution in [0.3, 0.4) is 0 Å². The lowest BCUT2D eigenvalue weighted by Gasteiger charge is -2.04. The van der Waals surface area contributed by atoms with Crippen LogP contribution >= 0.6 is 0 Å². The highest BCUT2D eigenvalue weighted by molar-refractivity contribution is 5.83. The van der Waals surface area contributed by atoms with Crippen LogP contribution in [0.25, 0.3) is 22.6 Å². The molecule has 4 nitrogen and oxygen atoms in total. The quantitative estimate of drug-likeness (QED) is 0.797. The van der Waals surface area contributed by atoms with E-state index in [9.17, 15) is 9.90 Å². The molecule has 4 heteroatoms. The van der Waals surface area contributed by atoms with Crippen LogP contribution in [0.5, 0.6) is 0 Å². The highest BCUT2D eigenvalue weighted by Gasteiger charge is 2.14. The number of carbonyl (C=O) groups excluding carboxylic acids is 1. The van der Waals surface area contributed by atoms with Gasteiger partial charge in [-0.05, 0) is 12.5 Å². The van der Waals surface area contributed by atoms with Crippen molar-refractivity contribution in [3.8, 4) is 22.6 Å². The summed E-state index contributed by atoms with van der Waals surface area (Å²) in [5.41, 5.74) is 3.39. The first-order valence-corrected chi connectivity index (χ1v) is 7.50. The number of carbonyl (C=O) groups is 1. The Labute approximate surface area is 135 Å². The van der Waals surface area contributed by atoms with Crippen molar-refractivity contribution in [2.45, 2.75) is 20.0 Å². The lowest BCUT2D eigenvalue weighted by molar-refractivity contribution is 0.0938. The van der Waals surface area contributed by atoms with Crippen LogP contribution in [0.15, 0.2) is 60.8 Å². The van der Waals surface area contributed by atoms with E-state index in [0.29, 0.717) is 5.82 Å². The molecule has 1 atom stereocenters. The standard InChI is InChI=1S/C19H18N2O2/c1-13(22)15-8-10-16(11-9-15)18-12-21(14(2)23)19(20-18)17-6-4-3-5-7-17/h3-13,22H,1-2H3. The van der Waals surface area contributed by atoms with E-state index in [1.807, 2.05) is 54.6 Å². The maximum atomic E-state index is 11.9. The van der Waals surface area contributed by atoms with Gasteiger partial charge in [-0.1, -0.05) is 54.6 Å². The van der Waals surface area contributed by atoms with Crippen molar-refractivity contribution in [1.29, 1.82) is 0 Å². The number of rotatable bonds is 3. The molecule has 0 spiro atoms. The molecular formula is C19H18N2O2. The molecule has 0 saturated carbocycles. The van der Waals surface area contributed by atoms with Gasteiger partial charge in [-0.25, -0.2) is 4.98 Å². The van der Waals surface area contributed by atoms with Gasteiger partial charge in [0.2, 0.25) is 5.91 Å². The highest BCUT2D eigenvalue weighted by Crippen LogP contribution is 2.26. The van der Waals surface area contributed by atoms with Crippen LogP contribution in [0.4, 0.5) is 0 Å². The fourth-order valence-electron chi connectivity index (χ4n) is 2.48. The summed E-state index contributed by atoms with van der Waals surface area (Å²) < 4.78 is 1.56. The molecule has 0 amide bonds. The summed E-state index contributed by atoms with van der Waals surface area (Å²) in [7, 11) is 0. The Bertz CT molecular complexity index is 818. The van der Waals surface area contributed by atoms with Crippen molar-refractivity contribution in [2.24, 2.45) is 0 Å². The number of aliphatic hydroxyl groups is 1. The van der Waals surface area contributed by atoms with Gasteiger partial charge in [0.1, 0.15) is 5.82 Å². The van der Waals surface area contributed by atoms with E-state index in [4.69, 9.17) is 0 Å². The van der Waals surface area contributed by atoms with Gasteiger partial charge in [0.15, 0.2) is 0 Å². The molecule has 2 aromatic carbocycles. The first-order chi connectivity index (χ1) is 11.1. The number of hydrogen-bond acceptors (Lipinski definition) is 3. The van der Waals surface area contributed by atoms with Gasteiger partial charge >= 0.3 is 0 Å². The van der Waals surface area contributed by atoms with Crippen LogP contribution in [-0.2, 0) is 0 Å². The Morgan fingerprint density at radius 3 is 2.26 bits per heavy atom. The normalized spacial score (nSPS) is 12.1. The Kier molecular flexibility index (Phi) is 4.08. The minimum absolute atomic E-state index is 0.0804. The average Bonchev–Trinajstić information content (AvgIpc) is 3.01. The van der Waals surface area contributed by atoms with Crippen molar-refractivity contribution in [3.05, 3.63) is 66.4 Å². The topological polar surface area (TPSA) is 55.1 Å². The SMILES string of the molecule is CC(=O)n1cc(-c2ccc(C(C)O)cc2)nc1-c1ccccc1. The Morgan fingerprint density at radius 2 is 1.70 bits per heavy atom. The maximum Gasteiger partial charge on any atom is 0.229 e. The largest absolute Gasteiger partial charge is 0.389 e. The molecule has 0 aliphatic carbocycles. The molecule has 0 aliphatic rings. The van der Waals surface area contributed by atoms with Gasteiger partial charge < -0.3 is 5.11 Å². The lowest BCUT2D eigenvalue weighted by Crippen LogP contribution is -2.05. The number of hydrogen-bond donors (Lipinski definition) is 1. The third-order valence-electron chi connectivity index (χ3n) is 3.77. The summed E-state index contributed by atoms with van der Waals surface area (Å²) in [6.45, 7) is 3.25. The second-order valence-corrected chi connectivity index (χ2v) is 5.50. The number of imidazole rings is 1. The Morgan fingerprint density at radius 1 is 1.04 bits per heavy atom. The molecular weight excluding hydrogens is 288 g/mol. The van der Waals surface area contributed by atoms with E-state index in [-0.39, 0.29) is 5.91 Å². The van der Waals surface area contributed by atoms with Crippen molar-refractivity contribution < 1.29 is 9.90 Å². The van der Waals surface area contributed by atoms with Crippen molar-refractivity contribution >= 4 is 5.91 Å². The smallest absolute Gasteiger partial charge is 0.229 e. The average molecular weight is 306 g/mol. The summed E-state index contributed by atoms with van der Waals surface area (Å²) in [6.07, 6.45) is 1.25. The van der Waals surface area contributed by atoms with Gasteiger partial charge in [0.05, 0.1) is 11.8 Å². The number of aliphatic hydroxyl groups excluding tert-OH is 1. The minimum Gasteiger partial charge on any atom is -0.389 e. The lowest BCUT2D eigenvalue weighted by atomic mass is 10.1. The van der Waals surface area contributed by atoms with E-state index in [0.717, 1.165) is 22.4 Å². The predicted molar refractivity (Wildman–Crippen MR) is 90.0 cm³/mol. The van der Waals surface area contributed by atoms with Crippen molar-refractivity contribution in [3.63, 3.8) is 0 Å². The van der Waals surface area contributed by atoms with E-state index in [1.54, 1.807) is 17.7 Å². The van der Waals surface area contributed by atoms with Gasteiger partial charge in [-0.3, -0.25) is 9.36 Å². The number of benzene rings is 2. The third-order valence-corrected chi connectivity index (χ3v) is 3.77. The third kappa shape index (κ3) is 3.07. The molecule has 116 valence electrons. The molecule has 0 saturated heterocycles. The fraction of sp³-hybridized carbons (Fsp3) is 0.158. The maximum absolute atomic E-state index is 11.9. The summed E-state index contributed by atoms with van der Waals surface area (Å²) in [5.74, 6) is 0.552. The molecule has 1 aromatic heterocycles. The van der Waals surface area contributed by atoms with Crippen LogP contribution in [0, 0.1) is 0 Å². The molecule has 3 aromatic rings. The summed E-state index contributed by atoms with van der Waals surface area (Å²) in [4.78, 5) is 16.5. The molecule has 1 heterocycles. The van der Waals surface area contributed by atoms with Crippen molar-refractivity contribution in [1.82, 2.24) is 9.55 Å². The van der Waals surface area contributed by atoms with E-state index in [1.165, 1.54) is 6.92 Å². The van der Waals surface area contributed by atoms with Gasteiger partial charge in [-0.15, -0.1) is 0 Å². The second kappa shape index (κ2) is 6.18. The van der Waals surface area contributed by atoms with E-state index >= 15 is 0 Å². The zero-order valence-corrected chi connectivity index (χ0v) is 13.1. The molecule has 0 fully saturated rings. The fourth-order valence-corrected chi connectivity index (χ4v) is 2.48. The van der Waals surface area contributed by atoms with Crippen LogP contribution < -0.4 is 0 Å². The van der Waals surface area contributed by atoms with Gasteiger partial charge in [0.25, 0.3) is 0 Å². The van der Waals surface area contributed by atoms with Gasteiger partial charge in [-0.2, -0.15) is 0 Å². The minimum atomic E-state index is -0.501. The molecule has 23 heavy (non-hydrogen) atoms. The Balaban J connectivity index is 2.06. The molecule has 0 bridgehead atoms. The van der Waals surface area contributed by atoms with Crippen LogP contribution in [0.2, 0.25) is 0 Å². The second-order valence-electron chi connectivity index (χ2n) is 5.50. The van der Waals surface area contributed by atoms with Crippen LogP contribution in [-0.4, -0.2) is 20.6 Å². The van der Waals surface area contributed by atoms with Crippen LogP contribution in [0.1, 0.15) is 30.3 Å². The first-order valence-electron chi connectivity index (χ1n) is 7.50. The Hall–Kier alpha value is -2.72. The predicted octanol–water partition coefficient (Wildman–Crippen LogP) is 3.93. The zero-order valence-electron chi connectivity index (χ0n) is 13.1. The zero-order chi connectivity index (χ0) is 16.4. The molecule has 0 aliphatic heterocycles. The molecule has 0 radical (unpaired) electrons. The molecule has 1 N–H and O–H groups in total. The van der Waals surface area contributed by atoms with Gasteiger partial charge in [0, 0.05) is 24.2 Å². The summed E-state index contributed by atoms with van der Waals surface area (Å²) in [6, 6.07) is 17.2. The van der Waals surface area contributed by atoms with Crippen molar-refractivity contribution in [2.75, 3.05) is 0 Å².